The van der Waals surface area contributed by atoms with Crippen LogP contribution in [-0.2, 0) is 6.54 Å². The maximum atomic E-state index is 4.18. The van der Waals surface area contributed by atoms with Crippen molar-refractivity contribution in [3.8, 4) is 0 Å². The number of nitrogens with zero attached hydrogens (tertiary/aromatic N) is 3. The van der Waals surface area contributed by atoms with Gasteiger partial charge in [0.05, 0.1) is 6.54 Å². The highest BCUT2D eigenvalue weighted by Crippen LogP contribution is 2.16. The van der Waals surface area contributed by atoms with Gasteiger partial charge in [0.1, 0.15) is 0 Å². The fourth-order valence-electron chi connectivity index (χ4n) is 2.53. The van der Waals surface area contributed by atoms with E-state index in [2.05, 4.69) is 22.4 Å². The summed E-state index contributed by atoms with van der Waals surface area (Å²) in [6, 6.07) is 2.76. The molecule has 1 saturated heterocycles. The maximum absolute atomic E-state index is 4.18. The molecule has 0 saturated carbocycles. The van der Waals surface area contributed by atoms with Crippen LogP contribution >= 0.6 is 0 Å². The van der Waals surface area contributed by atoms with E-state index in [0.29, 0.717) is 0 Å². The van der Waals surface area contributed by atoms with E-state index < -0.39 is 0 Å². The van der Waals surface area contributed by atoms with E-state index >= 15 is 0 Å². The molecule has 1 aromatic heterocycles. The Balaban J connectivity index is 1.53. The Morgan fingerprint density at radius 2 is 2.29 bits per heavy atom. The number of hydrogen-bond acceptors (Lipinski definition) is 3. The fourth-order valence-corrected chi connectivity index (χ4v) is 2.53. The van der Waals surface area contributed by atoms with Gasteiger partial charge in [-0.2, -0.15) is 5.10 Å². The second-order valence-electron chi connectivity index (χ2n) is 4.94. The summed E-state index contributed by atoms with van der Waals surface area (Å²) in [5.41, 5.74) is 0. The molecule has 0 aromatic carbocycles. The number of nitrogens with one attached hydrogen (secondary N) is 1. The Kier molecular flexibility index (Phi) is 5.01. The largest absolute Gasteiger partial charge is 0.315 e. The summed E-state index contributed by atoms with van der Waals surface area (Å²) in [5.74, 6) is 0. The zero-order valence-electron chi connectivity index (χ0n) is 10.8. The van der Waals surface area contributed by atoms with E-state index in [-0.39, 0.29) is 0 Å². The van der Waals surface area contributed by atoms with Gasteiger partial charge in [-0.25, -0.2) is 0 Å². The molecular formula is C13H24N4. The summed E-state index contributed by atoms with van der Waals surface area (Å²) in [7, 11) is 2.26. The summed E-state index contributed by atoms with van der Waals surface area (Å²) in [5, 5.41) is 7.69. The van der Waals surface area contributed by atoms with Gasteiger partial charge in [-0.3, -0.25) is 4.68 Å². The van der Waals surface area contributed by atoms with Crippen LogP contribution in [-0.4, -0.2) is 47.4 Å². The minimum absolute atomic E-state index is 0.793. The predicted molar refractivity (Wildman–Crippen MR) is 70.0 cm³/mol. The van der Waals surface area contributed by atoms with Gasteiger partial charge in [-0.15, -0.1) is 0 Å². The normalized spacial score (nSPS) is 21.8. The first-order chi connectivity index (χ1) is 8.36. The number of aromatic nitrogens is 2. The van der Waals surface area contributed by atoms with E-state index in [4.69, 9.17) is 0 Å². The zero-order chi connectivity index (χ0) is 11.9. The highest BCUT2D eigenvalue weighted by Gasteiger charge is 2.17. The number of likely N-dealkylation sites (tertiary alicyclic amines) is 1. The first kappa shape index (κ1) is 12.6. The number of rotatable bonds is 6. The van der Waals surface area contributed by atoms with E-state index in [1.165, 1.54) is 32.2 Å². The van der Waals surface area contributed by atoms with Crippen molar-refractivity contribution < 1.29 is 0 Å². The molecule has 4 heteroatoms. The maximum Gasteiger partial charge on any atom is 0.0533 e. The van der Waals surface area contributed by atoms with Crippen LogP contribution < -0.4 is 5.32 Å². The molecule has 1 aliphatic heterocycles. The highest BCUT2D eigenvalue weighted by molar-refractivity contribution is 4.78. The average molecular weight is 236 g/mol. The van der Waals surface area contributed by atoms with Gasteiger partial charge in [-0.05, 0) is 45.5 Å². The molecule has 1 fully saturated rings. The molecular weight excluding hydrogens is 212 g/mol. The molecule has 17 heavy (non-hydrogen) atoms. The standard InChI is InChI=1S/C13H24N4/c1-16-10-3-2-5-13(16)6-8-14-9-12-17-11-4-7-15-17/h4,7,11,13-14H,2-3,5-6,8-10,12H2,1H3. The molecule has 1 aliphatic rings. The SMILES string of the molecule is CN1CCCCC1CCNCCn1cccn1. The minimum atomic E-state index is 0.793. The molecule has 1 atom stereocenters. The van der Waals surface area contributed by atoms with Crippen LogP contribution in [0.4, 0.5) is 0 Å². The van der Waals surface area contributed by atoms with Crippen molar-refractivity contribution in [1.82, 2.24) is 20.0 Å². The zero-order valence-corrected chi connectivity index (χ0v) is 10.8. The lowest BCUT2D eigenvalue weighted by molar-refractivity contribution is 0.175. The molecule has 1 N–H and O–H groups in total. The molecule has 1 aromatic rings. The van der Waals surface area contributed by atoms with Crippen LogP contribution in [0.5, 0.6) is 0 Å². The van der Waals surface area contributed by atoms with Gasteiger partial charge < -0.3 is 10.2 Å². The third-order valence-corrected chi connectivity index (χ3v) is 3.65. The molecule has 96 valence electrons. The molecule has 2 rings (SSSR count). The Morgan fingerprint density at radius 1 is 1.35 bits per heavy atom. The van der Waals surface area contributed by atoms with E-state index in [0.717, 1.165) is 25.7 Å². The summed E-state index contributed by atoms with van der Waals surface area (Å²) < 4.78 is 1.97. The Labute approximate surface area is 104 Å². The van der Waals surface area contributed by atoms with E-state index in [1.807, 2.05) is 23.1 Å². The van der Waals surface area contributed by atoms with Gasteiger partial charge in [0.25, 0.3) is 0 Å². The van der Waals surface area contributed by atoms with Crippen molar-refractivity contribution in [1.29, 1.82) is 0 Å². The van der Waals surface area contributed by atoms with Crippen LogP contribution in [0.3, 0.4) is 0 Å². The quantitative estimate of drug-likeness (QED) is 0.757. The third-order valence-electron chi connectivity index (χ3n) is 3.65. The first-order valence-corrected chi connectivity index (χ1v) is 6.74. The monoisotopic (exact) mass is 236 g/mol. The average Bonchev–Trinajstić information content (AvgIpc) is 2.84. The Morgan fingerprint density at radius 3 is 3.06 bits per heavy atom. The second-order valence-corrected chi connectivity index (χ2v) is 4.94. The summed E-state index contributed by atoms with van der Waals surface area (Å²) >= 11 is 0. The van der Waals surface area contributed by atoms with Crippen molar-refractivity contribution in [2.75, 3.05) is 26.7 Å². The van der Waals surface area contributed by atoms with Crippen LogP contribution in [0.15, 0.2) is 18.5 Å². The predicted octanol–water partition coefficient (Wildman–Crippen LogP) is 1.35. The topological polar surface area (TPSA) is 33.1 Å². The van der Waals surface area contributed by atoms with Crippen LogP contribution in [0.2, 0.25) is 0 Å². The van der Waals surface area contributed by atoms with Crippen molar-refractivity contribution in [3.63, 3.8) is 0 Å². The van der Waals surface area contributed by atoms with Gasteiger partial charge in [0.15, 0.2) is 0 Å². The lowest BCUT2D eigenvalue weighted by Gasteiger charge is -2.32. The minimum Gasteiger partial charge on any atom is -0.315 e. The summed E-state index contributed by atoms with van der Waals surface area (Å²) in [6.07, 6.45) is 9.27. The fraction of sp³-hybridized carbons (Fsp3) is 0.769. The van der Waals surface area contributed by atoms with Crippen molar-refractivity contribution in [2.24, 2.45) is 0 Å². The van der Waals surface area contributed by atoms with Crippen molar-refractivity contribution >= 4 is 0 Å². The van der Waals surface area contributed by atoms with E-state index in [1.54, 1.807) is 0 Å². The third kappa shape index (κ3) is 4.13. The highest BCUT2D eigenvalue weighted by atomic mass is 15.3. The Hall–Kier alpha value is -0.870. The number of hydrogen-bond donors (Lipinski definition) is 1. The molecule has 2 heterocycles. The molecule has 0 bridgehead atoms. The lowest BCUT2D eigenvalue weighted by Crippen LogP contribution is -2.38. The van der Waals surface area contributed by atoms with Crippen molar-refractivity contribution in [3.05, 3.63) is 18.5 Å². The molecule has 0 radical (unpaired) electrons. The smallest absolute Gasteiger partial charge is 0.0533 e. The molecule has 0 spiro atoms. The Bertz CT molecular complexity index is 296. The van der Waals surface area contributed by atoms with E-state index in [9.17, 15) is 0 Å². The summed E-state index contributed by atoms with van der Waals surface area (Å²) in [4.78, 5) is 2.51. The van der Waals surface area contributed by atoms with Crippen LogP contribution in [0.1, 0.15) is 25.7 Å². The lowest BCUT2D eigenvalue weighted by atomic mass is 10.0. The molecule has 4 nitrogen and oxygen atoms in total. The van der Waals surface area contributed by atoms with Crippen LogP contribution in [0.25, 0.3) is 0 Å². The molecule has 0 amide bonds. The van der Waals surface area contributed by atoms with Gasteiger partial charge >= 0.3 is 0 Å². The van der Waals surface area contributed by atoms with Gasteiger partial charge in [-0.1, -0.05) is 6.42 Å². The molecule has 1 unspecified atom stereocenters. The second kappa shape index (κ2) is 6.77. The number of piperidine rings is 1. The van der Waals surface area contributed by atoms with Crippen molar-refractivity contribution in [2.45, 2.75) is 38.3 Å². The van der Waals surface area contributed by atoms with Crippen LogP contribution in [0, 0.1) is 0 Å². The van der Waals surface area contributed by atoms with Gasteiger partial charge in [0.2, 0.25) is 0 Å². The van der Waals surface area contributed by atoms with Gasteiger partial charge in [0, 0.05) is 25.0 Å². The summed E-state index contributed by atoms with van der Waals surface area (Å²) in [6.45, 7) is 4.37. The first-order valence-electron chi connectivity index (χ1n) is 6.74. The molecule has 0 aliphatic carbocycles.